The first kappa shape index (κ1) is 14.5. The van der Waals surface area contributed by atoms with Gasteiger partial charge in [-0.05, 0) is 51.6 Å². The summed E-state index contributed by atoms with van der Waals surface area (Å²) in [5.41, 5.74) is -0.389. The van der Waals surface area contributed by atoms with Gasteiger partial charge < -0.3 is 9.64 Å². The first-order chi connectivity index (χ1) is 7.86. The zero-order valence-corrected chi connectivity index (χ0v) is 12.0. The molecule has 0 aromatic heterocycles. The van der Waals surface area contributed by atoms with Crippen LogP contribution >= 0.6 is 0 Å². The molecule has 1 aliphatic heterocycles. The molecular formula is C14H27NO2. The van der Waals surface area contributed by atoms with Gasteiger partial charge in [0, 0.05) is 6.54 Å². The van der Waals surface area contributed by atoms with E-state index in [-0.39, 0.29) is 11.4 Å². The molecule has 0 spiro atoms. The number of likely N-dealkylation sites (tertiary alicyclic amines) is 1. The topological polar surface area (TPSA) is 29.5 Å². The predicted octanol–water partition coefficient (Wildman–Crippen LogP) is 2.55. The van der Waals surface area contributed by atoms with Gasteiger partial charge >= 0.3 is 5.97 Å². The normalized spacial score (nSPS) is 19.6. The van der Waals surface area contributed by atoms with E-state index in [9.17, 15) is 4.79 Å². The molecule has 17 heavy (non-hydrogen) atoms. The Morgan fingerprint density at radius 1 is 1.35 bits per heavy atom. The lowest BCUT2D eigenvalue weighted by Gasteiger charge is -2.37. The Bertz CT molecular complexity index is 253. The van der Waals surface area contributed by atoms with Crippen LogP contribution in [0.15, 0.2) is 0 Å². The van der Waals surface area contributed by atoms with Crippen molar-refractivity contribution < 1.29 is 9.53 Å². The van der Waals surface area contributed by atoms with E-state index in [1.807, 2.05) is 13.8 Å². The lowest BCUT2D eigenvalue weighted by atomic mass is 9.85. The number of rotatable bonds is 4. The SMILES string of the molecule is COC(=O)C(C)(C)CN1CCC(C(C)C)CC1. The molecule has 0 unspecified atom stereocenters. The predicted molar refractivity (Wildman–Crippen MR) is 69.8 cm³/mol. The van der Waals surface area contributed by atoms with E-state index in [2.05, 4.69) is 18.7 Å². The van der Waals surface area contributed by atoms with Crippen molar-refractivity contribution in [2.75, 3.05) is 26.7 Å². The number of hydrogen-bond acceptors (Lipinski definition) is 3. The zero-order chi connectivity index (χ0) is 13.1. The van der Waals surface area contributed by atoms with Gasteiger partial charge in [-0.15, -0.1) is 0 Å². The zero-order valence-electron chi connectivity index (χ0n) is 12.0. The monoisotopic (exact) mass is 241 g/mol. The van der Waals surface area contributed by atoms with Crippen molar-refractivity contribution in [1.82, 2.24) is 4.90 Å². The first-order valence-electron chi connectivity index (χ1n) is 6.67. The molecule has 1 rings (SSSR count). The van der Waals surface area contributed by atoms with Crippen molar-refractivity contribution in [2.24, 2.45) is 17.3 Å². The third-order valence-corrected chi connectivity index (χ3v) is 3.93. The molecular weight excluding hydrogens is 214 g/mol. The molecule has 0 atom stereocenters. The number of esters is 1. The Labute approximate surface area is 106 Å². The Morgan fingerprint density at radius 2 is 1.88 bits per heavy atom. The number of carbonyl (C=O) groups is 1. The molecule has 0 aromatic rings. The Hall–Kier alpha value is -0.570. The van der Waals surface area contributed by atoms with Gasteiger partial charge in [0.15, 0.2) is 0 Å². The number of methoxy groups -OCH3 is 1. The van der Waals surface area contributed by atoms with Crippen molar-refractivity contribution in [2.45, 2.75) is 40.5 Å². The van der Waals surface area contributed by atoms with Gasteiger partial charge in [-0.3, -0.25) is 4.79 Å². The molecule has 100 valence electrons. The van der Waals surface area contributed by atoms with Crippen LogP contribution in [-0.2, 0) is 9.53 Å². The lowest BCUT2D eigenvalue weighted by Crippen LogP contribution is -2.44. The molecule has 0 N–H and O–H groups in total. The molecule has 1 heterocycles. The Kier molecular flexibility index (Phi) is 4.99. The first-order valence-corrected chi connectivity index (χ1v) is 6.67. The third-order valence-electron chi connectivity index (χ3n) is 3.93. The molecule has 0 radical (unpaired) electrons. The summed E-state index contributed by atoms with van der Waals surface area (Å²) in [6, 6.07) is 0. The number of ether oxygens (including phenoxy) is 1. The maximum atomic E-state index is 11.6. The second kappa shape index (κ2) is 5.85. The fraction of sp³-hybridized carbons (Fsp3) is 0.929. The van der Waals surface area contributed by atoms with E-state index in [0.717, 1.165) is 31.5 Å². The molecule has 0 aliphatic carbocycles. The summed E-state index contributed by atoms with van der Waals surface area (Å²) in [5, 5.41) is 0. The molecule has 0 bridgehead atoms. The van der Waals surface area contributed by atoms with Crippen molar-refractivity contribution in [1.29, 1.82) is 0 Å². The molecule has 3 heteroatoms. The number of carbonyl (C=O) groups excluding carboxylic acids is 1. The van der Waals surface area contributed by atoms with E-state index >= 15 is 0 Å². The van der Waals surface area contributed by atoms with E-state index in [1.54, 1.807) is 0 Å². The Balaban J connectivity index is 2.42. The van der Waals surface area contributed by atoms with Gasteiger partial charge in [0.1, 0.15) is 0 Å². The van der Waals surface area contributed by atoms with E-state index < -0.39 is 0 Å². The third kappa shape index (κ3) is 3.98. The van der Waals surface area contributed by atoms with Crippen LogP contribution in [-0.4, -0.2) is 37.6 Å². The average molecular weight is 241 g/mol. The van der Waals surface area contributed by atoms with Crippen LogP contribution < -0.4 is 0 Å². The highest BCUT2D eigenvalue weighted by Crippen LogP contribution is 2.27. The molecule has 3 nitrogen and oxygen atoms in total. The second-order valence-corrected chi connectivity index (χ2v) is 6.23. The van der Waals surface area contributed by atoms with Gasteiger partial charge in [-0.1, -0.05) is 13.8 Å². The molecule has 0 saturated carbocycles. The van der Waals surface area contributed by atoms with Gasteiger partial charge in [-0.2, -0.15) is 0 Å². The summed E-state index contributed by atoms with van der Waals surface area (Å²) in [4.78, 5) is 14.0. The van der Waals surface area contributed by atoms with Crippen LogP contribution in [0.1, 0.15) is 40.5 Å². The fourth-order valence-corrected chi connectivity index (χ4v) is 2.68. The summed E-state index contributed by atoms with van der Waals surface area (Å²) in [6.07, 6.45) is 2.52. The molecule has 1 saturated heterocycles. The molecule has 0 aromatic carbocycles. The molecule has 1 aliphatic rings. The highest BCUT2D eigenvalue weighted by molar-refractivity contribution is 5.76. The smallest absolute Gasteiger partial charge is 0.312 e. The molecule has 1 fully saturated rings. The number of piperidine rings is 1. The molecule has 0 amide bonds. The number of hydrogen-bond donors (Lipinski definition) is 0. The summed E-state index contributed by atoms with van der Waals surface area (Å²) in [5.74, 6) is 1.53. The van der Waals surface area contributed by atoms with Crippen LogP contribution in [0, 0.1) is 17.3 Å². The largest absolute Gasteiger partial charge is 0.469 e. The minimum atomic E-state index is -0.389. The van der Waals surface area contributed by atoms with Gasteiger partial charge in [0.05, 0.1) is 12.5 Å². The van der Waals surface area contributed by atoms with Crippen LogP contribution in [0.5, 0.6) is 0 Å². The summed E-state index contributed by atoms with van der Waals surface area (Å²) in [7, 11) is 1.47. The van der Waals surface area contributed by atoms with E-state index in [4.69, 9.17) is 4.74 Å². The van der Waals surface area contributed by atoms with Crippen molar-refractivity contribution in [3.8, 4) is 0 Å². The number of nitrogens with zero attached hydrogens (tertiary/aromatic N) is 1. The minimum absolute atomic E-state index is 0.108. The van der Waals surface area contributed by atoms with Crippen LogP contribution in [0.4, 0.5) is 0 Å². The summed E-state index contributed by atoms with van der Waals surface area (Å²) < 4.78 is 4.85. The maximum Gasteiger partial charge on any atom is 0.312 e. The lowest BCUT2D eigenvalue weighted by molar-refractivity contribution is -0.152. The van der Waals surface area contributed by atoms with Crippen LogP contribution in [0.25, 0.3) is 0 Å². The highest BCUT2D eigenvalue weighted by atomic mass is 16.5. The minimum Gasteiger partial charge on any atom is -0.469 e. The van der Waals surface area contributed by atoms with Crippen LogP contribution in [0.2, 0.25) is 0 Å². The summed E-state index contributed by atoms with van der Waals surface area (Å²) in [6.45, 7) is 11.6. The van der Waals surface area contributed by atoms with Crippen molar-refractivity contribution in [3.63, 3.8) is 0 Å². The quantitative estimate of drug-likeness (QED) is 0.708. The van der Waals surface area contributed by atoms with Crippen molar-refractivity contribution >= 4 is 5.97 Å². The Morgan fingerprint density at radius 3 is 2.29 bits per heavy atom. The van der Waals surface area contributed by atoms with E-state index in [0.29, 0.717) is 0 Å². The van der Waals surface area contributed by atoms with Gasteiger partial charge in [0.2, 0.25) is 0 Å². The van der Waals surface area contributed by atoms with Gasteiger partial charge in [0.25, 0.3) is 0 Å². The summed E-state index contributed by atoms with van der Waals surface area (Å²) >= 11 is 0. The fourth-order valence-electron chi connectivity index (χ4n) is 2.68. The second-order valence-electron chi connectivity index (χ2n) is 6.23. The van der Waals surface area contributed by atoms with Crippen molar-refractivity contribution in [3.05, 3.63) is 0 Å². The average Bonchev–Trinajstić information content (AvgIpc) is 2.28. The van der Waals surface area contributed by atoms with Gasteiger partial charge in [-0.25, -0.2) is 0 Å². The van der Waals surface area contributed by atoms with E-state index in [1.165, 1.54) is 20.0 Å². The highest BCUT2D eigenvalue weighted by Gasteiger charge is 2.32. The maximum absolute atomic E-state index is 11.6. The van der Waals surface area contributed by atoms with Crippen LogP contribution in [0.3, 0.4) is 0 Å². The standard InChI is InChI=1S/C14H27NO2/c1-11(2)12-6-8-15(9-7-12)10-14(3,4)13(16)17-5/h11-12H,6-10H2,1-5H3.